The molecule has 4 nitrogen and oxygen atoms in total. The lowest BCUT2D eigenvalue weighted by molar-refractivity contribution is -0.217. The van der Waals surface area contributed by atoms with E-state index < -0.39 is 23.6 Å². The Hall–Kier alpha value is -1.47. The second-order valence-electron chi connectivity index (χ2n) is 7.13. The predicted molar refractivity (Wildman–Crippen MR) is 87.0 cm³/mol. The molecule has 25 heavy (non-hydrogen) atoms. The number of alkyl halides is 3. The van der Waals surface area contributed by atoms with Gasteiger partial charge in [0.05, 0.1) is 26.2 Å². The maximum Gasteiger partial charge on any atom is 0.394 e. The number of aliphatic hydroxyl groups excluding tert-OH is 1. The molecule has 1 N–H and O–H groups in total. The number of benzene rings is 1. The Morgan fingerprint density at radius 1 is 1.20 bits per heavy atom. The monoisotopic (exact) mass is 359 g/mol. The second-order valence-corrected chi connectivity index (χ2v) is 7.13. The minimum absolute atomic E-state index is 0.109. The third kappa shape index (κ3) is 2.97. The molecule has 0 radical (unpaired) electrons. The van der Waals surface area contributed by atoms with Crippen LogP contribution in [0.15, 0.2) is 18.2 Å². The summed E-state index contributed by atoms with van der Waals surface area (Å²) < 4.78 is 51.0. The highest BCUT2D eigenvalue weighted by atomic mass is 19.4. The first-order valence-electron chi connectivity index (χ1n) is 8.40. The summed E-state index contributed by atoms with van der Waals surface area (Å²) in [7, 11) is 4.95. The molecular formula is C18H24F3NO3. The zero-order valence-electron chi connectivity index (χ0n) is 14.6. The Labute approximate surface area is 145 Å². The molecule has 1 unspecified atom stereocenters. The number of rotatable bonds is 3. The van der Waals surface area contributed by atoms with Crippen LogP contribution in [0, 0.1) is 5.92 Å². The molecular weight excluding hydrogens is 335 g/mol. The van der Waals surface area contributed by atoms with Gasteiger partial charge in [-0.15, -0.1) is 0 Å². The third-order valence-electron chi connectivity index (χ3n) is 5.97. The topological polar surface area (TPSA) is 41.9 Å². The van der Waals surface area contributed by atoms with Gasteiger partial charge in [0.2, 0.25) is 0 Å². The number of ether oxygens (including phenoxy) is 2. The van der Waals surface area contributed by atoms with Crippen LogP contribution in [0.4, 0.5) is 13.2 Å². The number of halogens is 3. The molecule has 7 heteroatoms. The van der Waals surface area contributed by atoms with Crippen LogP contribution in [0.3, 0.4) is 0 Å². The van der Waals surface area contributed by atoms with Crippen molar-refractivity contribution >= 4 is 0 Å². The first-order chi connectivity index (χ1) is 11.7. The van der Waals surface area contributed by atoms with Gasteiger partial charge in [-0.1, -0.05) is 6.07 Å². The van der Waals surface area contributed by atoms with E-state index >= 15 is 0 Å². The molecule has 1 saturated carbocycles. The van der Waals surface area contributed by atoms with Gasteiger partial charge in [0.1, 0.15) is 0 Å². The Bertz CT molecular complexity index is 636. The molecule has 0 spiro atoms. The lowest BCUT2D eigenvalue weighted by atomic mass is 9.62. The van der Waals surface area contributed by atoms with E-state index in [4.69, 9.17) is 9.47 Å². The average molecular weight is 359 g/mol. The summed E-state index contributed by atoms with van der Waals surface area (Å²) >= 11 is 0. The van der Waals surface area contributed by atoms with Crippen LogP contribution in [-0.4, -0.2) is 56.1 Å². The molecule has 2 fully saturated rings. The molecule has 1 heterocycles. The highest BCUT2D eigenvalue weighted by Crippen LogP contribution is 2.54. The van der Waals surface area contributed by atoms with E-state index in [1.807, 2.05) is 13.1 Å². The number of aliphatic hydroxyl groups is 1. The number of hydrogen-bond donors (Lipinski definition) is 1. The SMILES string of the molecule is COc1ccc([C@]23CCN(C)C2C[C@@H](O)[C@H](C(F)(F)F)C3)cc1OC. The number of hydrogen-bond acceptors (Lipinski definition) is 4. The highest BCUT2D eigenvalue weighted by molar-refractivity contribution is 5.46. The van der Waals surface area contributed by atoms with E-state index in [2.05, 4.69) is 4.90 Å². The molecule has 0 bridgehead atoms. The quantitative estimate of drug-likeness (QED) is 0.901. The Morgan fingerprint density at radius 2 is 1.88 bits per heavy atom. The van der Waals surface area contributed by atoms with Crippen LogP contribution < -0.4 is 9.47 Å². The Morgan fingerprint density at radius 3 is 2.48 bits per heavy atom. The fourth-order valence-corrected chi connectivity index (χ4v) is 4.62. The van der Waals surface area contributed by atoms with Gasteiger partial charge in [0, 0.05) is 11.5 Å². The number of nitrogens with zero attached hydrogens (tertiary/aromatic N) is 1. The van der Waals surface area contributed by atoms with Crippen molar-refractivity contribution in [2.45, 2.75) is 43.0 Å². The summed E-state index contributed by atoms with van der Waals surface area (Å²) in [4.78, 5) is 2.06. The fourth-order valence-electron chi connectivity index (χ4n) is 4.62. The molecule has 1 aromatic carbocycles. The van der Waals surface area contributed by atoms with Gasteiger partial charge < -0.3 is 19.5 Å². The van der Waals surface area contributed by atoms with E-state index in [-0.39, 0.29) is 18.9 Å². The van der Waals surface area contributed by atoms with E-state index in [1.54, 1.807) is 12.1 Å². The highest BCUT2D eigenvalue weighted by Gasteiger charge is 2.59. The first kappa shape index (κ1) is 18.3. The summed E-state index contributed by atoms with van der Waals surface area (Å²) in [6.07, 6.45) is -5.13. The number of methoxy groups -OCH3 is 2. The maximum atomic E-state index is 13.5. The van der Waals surface area contributed by atoms with Crippen LogP contribution in [0.1, 0.15) is 24.8 Å². The smallest absolute Gasteiger partial charge is 0.394 e. The Kier molecular flexibility index (Phi) is 4.66. The molecule has 4 atom stereocenters. The molecule has 3 rings (SSSR count). The van der Waals surface area contributed by atoms with Gasteiger partial charge in [-0.3, -0.25) is 0 Å². The van der Waals surface area contributed by atoms with Gasteiger partial charge in [0.15, 0.2) is 11.5 Å². The standard InChI is InChI=1S/C18H24F3NO3/c1-22-7-6-17(11-4-5-14(24-2)15(8-11)25-3)10-12(18(19,20)21)13(23)9-16(17)22/h4-5,8,12-13,16,23H,6-7,9-10H2,1-3H3/t12-,13-,16?,17-/m1/s1. The van der Waals surface area contributed by atoms with E-state index in [1.165, 1.54) is 14.2 Å². The molecule has 2 aliphatic rings. The zero-order valence-corrected chi connectivity index (χ0v) is 14.6. The van der Waals surface area contributed by atoms with Crippen LogP contribution in [0.5, 0.6) is 11.5 Å². The van der Waals surface area contributed by atoms with E-state index in [0.717, 1.165) is 5.56 Å². The zero-order chi connectivity index (χ0) is 18.4. The van der Waals surface area contributed by atoms with Crippen LogP contribution in [-0.2, 0) is 5.41 Å². The summed E-state index contributed by atoms with van der Waals surface area (Å²) in [5.41, 5.74) is 0.175. The van der Waals surface area contributed by atoms with Crippen molar-refractivity contribution in [1.29, 1.82) is 0 Å². The summed E-state index contributed by atoms with van der Waals surface area (Å²) in [6, 6.07) is 5.24. The number of likely N-dealkylation sites (N-methyl/N-ethyl adjacent to an activating group) is 1. The predicted octanol–water partition coefficient (Wildman–Crippen LogP) is 2.98. The van der Waals surface area contributed by atoms with Gasteiger partial charge in [0.25, 0.3) is 0 Å². The van der Waals surface area contributed by atoms with Crippen molar-refractivity contribution in [3.8, 4) is 11.5 Å². The molecule has 1 aliphatic carbocycles. The largest absolute Gasteiger partial charge is 0.493 e. The minimum atomic E-state index is -4.41. The lowest BCUT2D eigenvalue weighted by Gasteiger charge is -2.47. The van der Waals surface area contributed by atoms with Crippen LogP contribution in [0.25, 0.3) is 0 Å². The van der Waals surface area contributed by atoms with Gasteiger partial charge in [-0.05, 0) is 50.6 Å². The number of likely N-dealkylation sites (tertiary alicyclic amines) is 1. The average Bonchev–Trinajstić information content (AvgIpc) is 2.90. The second kappa shape index (κ2) is 6.36. The van der Waals surface area contributed by atoms with Crippen molar-refractivity contribution in [1.82, 2.24) is 4.90 Å². The first-order valence-corrected chi connectivity index (χ1v) is 8.40. The van der Waals surface area contributed by atoms with Crippen molar-refractivity contribution in [3.05, 3.63) is 23.8 Å². The lowest BCUT2D eigenvalue weighted by Crippen LogP contribution is -2.54. The van der Waals surface area contributed by atoms with E-state index in [0.29, 0.717) is 24.5 Å². The van der Waals surface area contributed by atoms with E-state index in [9.17, 15) is 18.3 Å². The molecule has 140 valence electrons. The summed E-state index contributed by atoms with van der Waals surface area (Å²) in [6.45, 7) is 0.705. The van der Waals surface area contributed by atoms with Crippen molar-refractivity contribution in [3.63, 3.8) is 0 Å². The molecule has 1 aromatic rings. The van der Waals surface area contributed by atoms with Crippen molar-refractivity contribution in [2.75, 3.05) is 27.8 Å². The van der Waals surface area contributed by atoms with Crippen molar-refractivity contribution < 1.29 is 27.8 Å². The fraction of sp³-hybridized carbons (Fsp3) is 0.667. The van der Waals surface area contributed by atoms with Gasteiger partial charge >= 0.3 is 6.18 Å². The van der Waals surface area contributed by atoms with Gasteiger partial charge in [-0.2, -0.15) is 13.2 Å². The summed E-state index contributed by atoms with van der Waals surface area (Å²) in [5.74, 6) is -0.644. The maximum absolute atomic E-state index is 13.5. The molecule has 1 aliphatic heterocycles. The van der Waals surface area contributed by atoms with Gasteiger partial charge in [-0.25, -0.2) is 0 Å². The summed E-state index contributed by atoms with van der Waals surface area (Å²) in [5, 5.41) is 10.1. The third-order valence-corrected chi connectivity index (χ3v) is 5.97. The number of fused-ring (bicyclic) bond motifs is 1. The van der Waals surface area contributed by atoms with Crippen LogP contribution in [0.2, 0.25) is 0 Å². The molecule has 0 aromatic heterocycles. The molecule has 0 amide bonds. The van der Waals surface area contributed by atoms with Crippen LogP contribution >= 0.6 is 0 Å². The Balaban J connectivity index is 2.06. The normalized spacial score (nSPS) is 33.2. The molecule has 1 saturated heterocycles. The minimum Gasteiger partial charge on any atom is -0.493 e. The van der Waals surface area contributed by atoms with Crippen molar-refractivity contribution in [2.24, 2.45) is 5.92 Å².